The van der Waals surface area contributed by atoms with Crippen LogP contribution >= 0.6 is 0 Å². The highest BCUT2D eigenvalue weighted by molar-refractivity contribution is 5.84. The smallest absolute Gasteiger partial charge is 0.325 e. The number of rotatable bonds is 4. The van der Waals surface area contributed by atoms with Crippen LogP contribution in [0.5, 0.6) is 0 Å². The molecule has 0 aliphatic carbocycles. The van der Waals surface area contributed by atoms with Crippen LogP contribution in [-0.4, -0.2) is 32.6 Å². The topological polar surface area (TPSA) is 84.2 Å². The van der Waals surface area contributed by atoms with Crippen molar-refractivity contribution in [3.63, 3.8) is 0 Å². The van der Waals surface area contributed by atoms with Gasteiger partial charge in [0.05, 0.1) is 11.0 Å². The van der Waals surface area contributed by atoms with E-state index in [9.17, 15) is 9.59 Å². The summed E-state index contributed by atoms with van der Waals surface area (Å²) in [4.78, 5) is 26.8. The fourth-order valence-corrected chi connectivity index (χ4v) is 1.89. The minimum absolute atomic E-state index is 0.0595. The third-order valence-electron chi connectivity index (χ3n) is 2.90. The maximum atomic E-state index is 11.8. The molecular formula is C13H15N3O3. The van der Waals surface area contributed by atoms with Crippen LogP contribution in [0.15, 0.2) is 24.3 Å². The van der Waals surface area contributed by atoms with Crippen molar-refractivity contribution in [2.45, 2.75) is 26.4 Å². The van der Waals surface area contributed by atoms with Gasteiger partial charge in [0.15, 0.2) is 0 Å². The maximum absolute atomic E-state index is 11.8. The average molecular weight is 261 g/mol. The van der Waals surface area contributed by atoms with Gasteiger partial charge in [0, 0.05) is 0 Å². The van der Waals surface area contributed by atoms with Gasteiger partial charge in [0.25, 0.3) is 0 Å². The first kappa shape index (κ1) is 13.1. The Labute approximate surface area is 110 Å². The normalized spacial score (nSPS) is 12.3. The van der Waals surface area contributed by atoms with Crippen molar-refractivity contribution >= 4 is 22.9 Å². The van der Waals surface area contributed by atoms with Crippen LogP contribution in [0.25, 0.3) is 11.0 Å². The molecule has 0 saturated heterocycles. The second-order valence-corrected chi connectivity index (χ2v) is 4.36. The number of benzene rings is 1. The van der Waals surface area contributed by atoms with Crippen molar-refractivity contribution < 1.29 is 14.7 Å². The number of hydrogen-bond donors (Lipinski definition) is 2. The monoisotopic (exact) mass is 261 g/mol. The van der Waals surface area contributed by atoms with E-state index in [1.807, 2.05) is 31.2 Å². The lowest BCUT2D eigenvalue weighted by Crippen LogP contribution is -2.40. The standard InChI is InChI=1S/C13H15N3O3/c1-8(13(18)19)14-12(17)7-16-9(2)15-10-5-3-4-6-11(10)16/h3-6,8H,7H2,1-2H3,(H,14,17)(H,18,19)/t8-/m1/s1. The number of nitrogens with zero attached hydrogens (tertiary/aromatic N) is 2. The van der Waals surface area contributed by atoms with E-state index in [1.54, 1.807) is 4.57 Å². The summed E-state index contributed by atoms with van der Waals surface area (Å²) in [6, 6.07) is 6.60. The van der Waals surface area contributed by atoms with E-state index in [-0.39, 0.29) is 12.5 Å². The molecule has 1 aromatic carbocycles. The summed E-state index contributed by atoms with van der Waals surface area (Å²) in [5, 5.41) is 11.2. The summed E-state index contributed by atoms with van der Waals surface area (Å²) in [5.41, 5.74) is 1.68. The maximum Gasteiger partial charge on any atom is 0.325 e. The molecule has 0 aliphatic rings. The van der Waals surface area contributed by atoms with Crippen LogP contribution < -0.4 is 5.32 Å². The number of fused-ring (bicyclic) bond motifs is 1. The Morgan fingerprint density at radius 2 is 2.11 bits per heavy atom. The first-order chi connectivity index (χ1) is 8.99. The Kier molecular flexibility index (Phi) is 3.50. The highest BCUT2D eigenvalue weighted by Crippen LogP contribution is 2.14. The fraction of sp³-hybridized carbons (Fsp3) is 0.308. The third kappa shape index (κ3) is 2.73. The van der Waals surface area contributed by atoms with Gasteiger partial charge in [-0.3, -0.25) is 9.59 Å². The quantitative estimate of drug-likeness (QED) is 0.857. The second kappa shape index (κ2) is 5.09. The molecule has 2 aromatic rings. The number of nitrogens with one attached hydrogen (secondary N) is 1. The molecule has 2 N–H and O–H groups in total. The number of aliphatic carboxylic acids is 1. The number of para-hydroxylation sites is 2. The Bertz CT molecular complexity index is 633. The Morgan fingerprint density at radius 1 is 1.42 bits per heavy atom. The molecule has 1 amide bonds. The van der Waals surface area contributed by atoms with Gasteiger partial charge in [-0.25, -0.2) is 4.98 Å². The molecule has 0 saturated carbocycles. The molecule has 0 fully saturated rings. The van der Waals surface area contributed by atoms with Crippen LogP contribution in [0.1, 0.15) is 12.7 Å². The molecule has 1 heterocycles. The lowest BCUT2D eigenvalue weighted by atomic mass is 10.3. The Balaban J connectivity index is 2.19. The molecule has 6 nitrogen and oxygen atoms in total. The van der Waals surface area contributed by atoms with E-state index in [0.29, 0.717) is 0 Å². The number of amides is 1. The van der Waals surface area contributed by atoms with Crippen LogP contribution in [0, 0.1) is 6.92 Å². The van der Waals surface area contributed by atoms with Crippen molar-refractivity contribution in [1.82, 2.24) is 14.9 Å². The zero-order valence-electron chi connectivity index (χ0n) is 10.8. The van der Waals surface area contributed by atoms with Gasteiger partial charge in [0.2, 0.25) is 5.91 Å². The van der Waals surface area contributed by atoms with Gasteiger partial charge in [-0.2, -0.15) is 0 Å². The molecule has 1 aromatic heterocycles. The summed E-state index contributed by atoms with van der Waals surface area (Å²) >= 11 is 0. The van der Waals surface area contributed by atoms with Crippen molar-refractivity contribution in [3.05, 3.63) is 30.1 Å². The Hall–Kier alpha value is -2.37. The number of carboxylic acids is 1. The molecule has 0 radical (unpaired) electrons. The summed E-state index contributed by atoms with van der Waals surface area (Å²) < 4.78 is 1.76. The summed E-state index contributed by atoms with van der Waals surface area (Å²) in [6.45, 7) is 3.30. The number of hydrogen-bond acceptors (Lipinski definition) is 3. The van der Waals surface area contributed by atoms with E-state index >= 15 is 0 Å². The lowest BCUT2D eigenvalue weighted by molar-refractivity contribution is -0.141. The number of carboxylic acid groups (broad SMARTS) is 1. The predicted molar refractivity (Wildman–Crippen MR) is 69.7 cm³/mol. The van der Waals surface area contributed by atoms with Gasteiger partial charge < -0.3 is 15.0 Å². The van der Waals surface area contributed by atoms with Gasteiger partial charge in [-0.15, -0.1) is 0 Å². The summed E-state index contributed by atoms with van der Waals surface area (Å²) in [5.74, 6) is -0.680. The van der Waals surface area contributed by atoms with Gasteiger partial charge in [-0.05, 0) is 26.0 Å². The van der Waals surface area contributed by atoms with Crippen molar-refractivity contribution in [2.24, 2.45) is 0 Å². The number of carbonyl (C=O) groups is 2. The van der Waals surface area contributed by atoms with Crippen LogP contribution in [0.4, 0.5) is 0 Å². The van der Waals surface area contributed by atoms with E-state index in [4.69, 9.17) is 5.11 Å². The molecule has 2 rings (SSSR count). The van der Waals surface area contributed by atoms with Crippen molar-refractivity contribution in [2.75, 3.05) is 0 Å². The van der Waals surface area contributed by atoms with Gasteiger partial charge in [0.1, 0.15) is 18.4 Å². The number of carbonyl (C=O) groups excluding carboxylic acids is 1. The average Bonchev–Trinajstić information content (AvgIpc) is 2.66. The summed E-state index contributed by atoms with van der Waals surface area (Å²) in [7, 11) is 0. The second-order valence-electron chi connectivity index (χ2n) is 4.36. The van der Waals surface area contributed by atoms with Crippen LogP contribution in [-0.2, 0) is 16.1 Å². The van der Waals surface area contributed by atoms with Crippen molar-refractivity contribution in [1.29, 1.82) is 0 Å². The fourth-order valence-electron chi connectivity index (χ4n) is 1.89. The molecule has 0 aliphatic heterocycles. The van der Waals surface area contributed by atoms with E-state index in [1.165, 1.54) is 6.92 Å². The molecule has 19 heavy (non-hydrogen) atoms. The molecule has 0 spiro atoms. The molecule has 1 atom stereocenters. The minimum Gasteiger partial charge on any atom is -0.480 e. The summed E-state index contributed by atoms with van der Waals surface area (Å²) in [6.07, 6.45) is 0. The number of aromatic nitrogens is 2. The van der Waals surface area contributed by atoms with E-state index in [0.717, 1.165) is 16.9 Å². The molecule has 6 heteroatoms. The first-order valence-electron chi connectivity index (χ1n) is 5.93. The Morgan fingerprint density at radius 3 is 2.79 bits per heavy atom. The molecule has 100 valence electrons. The predicted octanol–water partition coefficient (Wildman–Crippen LogP) is 0.934. The van der Waals surface area contributed by atoms with Gasteiger partial charge >= 0.3 is 5.97 Å². The van der Waals surface area contributed by atoms with Gasteiger partial charge in [-0.1, -0.05) is 12.1 Å². The zero-order chi connectivity index (χ0) is 14.0. The highest BCUT2D eigenvalue weighted by Gasteiger charge is 2.16. The molecular weight excluding hydrogens is 246 g/mol. The largest absolute Gasteiger partial charge is 0.480 e. The van der Waals surface area contributed by atoms with Crippen molar-refractivity contribution in [3.8, 4) is 0 Å². The van der Waals surface area contributed by atoms with E-state index < -0.39 is 12.0 Å². The third-order valence-corrected chi connectivity index (χ3v) is 2.90. The zero-order valence-corrected chi connectivity index (χ0v) is 10.8. The number of imidazole rings is 1. The highest BCUT2D eigenvalue weighted by atomic mass is 16.4. The van der Waals surface area contributed by atoms with Crippen LogP contribution in [0.2, 0.25) is 0 Å². The van der Waals surface area contributed by atoms with E-state index in [2.05, 4.69) is 10.3 Å². The molecule has 0 bridgehead atoms. The SMILES string of the molecule is Cc1nc2ccccc2n1CC(=O)N[C@H](C)C(=O)O. The number of aryl methyl sites for hydroxylation is 1. The lowest BCUT2D eigenvalue weighted by Gasteiger charge is -2.11. The minimum atomic E-state index is -1.06. The van der Waals surface area contributed by atoms with Crippen LogP contribution in [0.3, 0.4) is 0 Å². The molecule has 0 unspecified atom stereocenters. The first-order valence-corrected chi connectivity index (χ1v) is 5.93.